The van der Waals surface area contributed by atoms with Gasteiger partial charge in [0.2, 0.25) is 0 Å². The van der Waals surface area contributed by atoms with Gasteiger partial charge in [-0.25, -0.2) is 0 Å². The Kier molecular flexibility index (Phi) is 7.84. The van der Waals surface area contributed by atoms with E-state index in [1.54, 1.807) is 19.2 Å². The summed E-state index contributed by atoms with van der Waals surface area (Å²) in [5.74, 6) is 0. The predicted molar refractivity (Wildman–Crippen MR) is 113 cm³/mol. The van der Waals surface area contributed by atoms with Crippen LogP contribution in [0.2, 0.25) is 5.02 Å². The van der Waals surface area contributed by atoms with Gasteiger partial charge in [-0.15, -0.1) is 12.4 Å². The first kappa shape index (κ1) is 21.4. The molecule has 3 rings (SSSR count). The average molecular weight is 404 g/mol. The molecule has 0 spiro atoms. The van der Waals surface area contributed by atoms with Gasteiger partial charge in [0.25, 0.3) is 0 Å². The third-order valence-electron chi connectivity index (χ3n) is 4.42. The van der Waals surface area contributed by atoms with Crippen LogP contribution in [0.1, 0.15) is 28.8 Å². The first-order chi connectivity index (χ1) is 12.6. The van der Waals surface area contributed by atoms with Crippen LogP contribution in [0.25, 0.3) is 11.1 Å². The van der Waals surface area contributed by atoms with Crippen molar-refractivity contribution in [2.75, 3.05) is 7.11 Å². The maximum absolute atomic E-state index is 10.6. The number of rotatable bonds is 6. The van der Waals surface area contributed by atoms with Crippen molar-refractivity contribution in [3.8, 4) is 11.1 Å². The Bertz CT molecular complexity index is 851. The highest BCUT2D eigenvalue weighted by Gasteiger charge is 2.18. The van der Waals surface area contributed by atoms with Gasteiger partial charge < -0.3 is 15.6 Å². The molecule has 0 aliphatic carbocycles. The monoisotopic (exact) mass is 403 g/mol. The molecule has 3 aromatic rings. The highest BCUT2D eigenvalue weighted by atomic mass is 35.5. The van der Waals surface area contributed by atoms with Crippen molar-refractivity contribution >= 4 is 24.0 Å². The minimum atomic E-state index is -0.787. The van der Waals surface area contributed by atoms with E-state index in [4.69, 9.17) is 22.1 Å². The van der Waals surface area contributed by atoms with Crippen molar-refractivity contribution in [3.05, 3.63) is 94.5 Å². The van der Waals surface area contributed by atoms with E-state index in [9.17, 15) is 5.11 Å². The topological polar surface area (TPSA) is 55.5 Å². The van der Waals surface area contributed by atoms with Crippen LogP contribution in [0.3, 0.4) is 0 Å². The lowest BCUT2D eigenvalue weighted by molar-refractivity contribution is 0.147. The maximum atomic E-state index is 10.6. The number of hydrogen-bond donors (Lipinski definition) is 2. The highest BCUT2D eigenvalue weighted by molar-refractivity contribution is 6.30. The second-order valence-electron chi connectivity index (χ2n) is 6.28. The Morgan fingerprint density at radius 3 is 2.19 bits per heavy atom. The predicted octanol–water partition coefficient (Wildman–Crippen LogP) is 5.31. The summed E-state index contributed by atoms with van der Waals surface area (Å²) in [5, 5.41) is 11.3. The largest absolute Gasteiger partial charge is 0.386 e. The number of benzene rings is 3. The zero-order chi connectivity index (χ0) is 18.5. The molecule has 5 heteroatoms. The van der Waals surface area contributed by atoms with Crippen molar-refractivity contribution in [1.82, 2.24) is 0 Å². The number of methoxy groups -OCH3 is 1. The molecular formula is C22H23Cl2NO2. The number of halogens is 2. The molecule has 0 bridgehead atoms. The summed E-state index contributed by atoms with van der Waals surface area (Å²) in [6.07, 6.45) is -0.787. The highest BCUT2D eigenvalue weighted by Crippen LogP contribution is 2.29. The van der Waals surface area contributed by atoms with Gasteiger partial charge in [0.1, 0.15) is 0 Å². The van der Waals surface area contributed by atoms with Crippen LogP contribution in [-0.2, 0) is 11.3 Å². The van der Waals surface area contributed by atoms with Crippen molar-refractivity contribution in [3.63, 3.8) is 0 Å². The molecule has 0 aliphatic rings. The molecule has 0 radical (unpaired) electrons. The summed E-state index contributed by atoms with van der Waals surface area (Å²) in [7, 11) is 1.69. The lowest BCUT2D eigenvalue weighted by atomic mass is 9.94. The molecule has 0 aliphatic heterocycles. The molecular weight excluding hydrogens is 381 g/mol. The standard InChI is InChI=1S/C22H22ClNO2.ClH/c1-26-14-15-3-2-4-19(13-15)16-5-7-18(8-6-16)22(25)21(24)17-9-11-20(23)12-10-17;/h2-13,21-22,25H,14,24H2,1H3;1H/t21-,22+;/m0./s1. The number of aliphatic hydroxyl groups excluding tert-OH is 1. The molecule has 3 aromatic carbocycles. The summed E-state index contributed by atoms with van der Waals surface area (Å²) in [5.41, 5.74) is 11.2. The quantitative estimate of drug-likeness (QED) is 0.586. The van der Waals surface area contributed by atoms with Crippen LogP contribution in [-0.4, -0.2) is 12.2 Å². The lowest BCUT2D eigenvalue weighted by Gasteiger charge is -2.20. The smallest absolute Gasteiger partial charge is 0.0982 e. The van der Waals surface area contributed by atoms with Gasteiger partial charge >= 0.3 is 0 Å². The van der Waals surface area contributed by atoms with E-state index in [1.807, 2.05) is 48.5 Å². The molecule has 2 atom stereocenters. The van der Waals surface area contributed by atoms with E-state index in [1.165, 1.54) is 0 Å². The van der Waals surface area contributed by atoms with E-state index in [-0.39, 0.29) is 12.4 Å². The molecule has 0 saturated heterocycles. The average Bonchev–Trinajstić information content (AvgIpc) is 2.68. The van der Waals surface area contributed by atoms with Gasteiger partial charge in [0.05, 0.1) is 18.8 Å². The van der Waals surface area contributed by atoms with Crippen LogP contribution in [0.4, 0.5) is 0 Å². The molecule has 0 aromatic heterocycles. The normalized spacial score (nSPS) is 12.9. The van der Waals surface area contributed by atoms with Crippen molar-refractivity contribution in [1.29, 1.82) is 0 Å². The fraction of sp³-hybridized carbons (Fsp3) is 0.182. The Labute approximate surface area is 171 Å². The van der Waals surface area contributed by atoms with Crippen LogP contribution in [0.5, 0.6) is 0 Å². The fourth-order valence-electron chi connectivity index (χ4n) is 2.95. The van der Waals surface area contributed by atoms with E-state index in [0.29, 0.717) is 11.6 Å². The van der Waals surface area contributed by atoms with Crippen molar-refractivity contribution in [2.24, 2.45) is 5.73 Å². The third kappa shape index (κ3) is 5.32. The summed E-state index contributed by atoms with van der Waals surface area (Å²) in [6.45, 7) is 0.584. The molecule has 27 heavy (non-hydrogen) atoms. The number of hydrogen-bond acceptors (Lipinski definition) is 3. The van der Waals surface area contributed by atoms with Gasteiger partial charge in [-0.1, -0.05) is 66.2 Å². The lowest BCUT2D eigenvalue weighted by Crippen LogP contribution is -2.19. The van der Waals surface area contributed by atoms with Crippen LogP contribution in [0.15, 0.2) is 72.8 Å². The zero-order valence-electron chi connectivity index (χ0n) is 15.0. The van der Waals surface area contributed by atoms with Crippen LogP contribution >= 0.6 is 24.0 Å². The molecule has 3 N–H and O–H groups in total. The van der Waals surface area contributed by atoms with E-state index >= 15 is 0 Å². The van der Waals surface area contributed by atoms with Gasteiger partial charge in [-0.05, 0) is 46.0 Å². The third-order valence-corrected chi connectivity index (χ3v) is 4.67. The molecule has 3 nitrogen and oxygen atoms in total. The molecule has 0 heterocycles. The van der Waals surface area contributed by atoms with Gasteiger partial charge in [0, 0.05) is 12.1 Å². The van der Waals surface area contributed by atoms with Gasteiger partial charge in [-0.3, -0.25) is 0 Å². The van der Waals surface area contributed by atoms with Crippen LogP contribution < -0.4 is 5.73 Å². The van der Waals surface area contributed by atoms with Crippen molar-refractivity contribution in [2.45, 2.75) is 18.8 Å². The van der Waals surface area contributed by atoms with Crippen LogP contribution in [0, 0.1) is 0 Å². The van der Waals surface area contributed by atoms with E-state index < -0.39 is 12.1 Å². The molecule has 0 unspecified atom stereocenters. The molecule has 0 amide bonds. The van der Waals surface area contributed by atoms with E-state index in [0.717, 1.165) is 27.8 Å². The number of aliphatic hydroxyl groups is 1. The first-order valence-electron chi connectivity index (χ1n) is 8.46. The Morgan fingerprint density at radius 2 is 1.56 bits per heavy atom. The summed E-state index contributed by atoms with van der Waals surface area (Å²) in [6, 6.07) is 22.8. The zero-order valence-corrected chi connectivity index (χ0v) is 16.6. The maximum Gasteiger partial charge on any atom is 0.0982 e. The van der Waals surface area contributed by atoms with Gasteiger partial charge in [0.15, 0.2) is 0 Å². The summed E-state index contributed by atoms with van der Waals surface area (Å²) < 4.78 is 5.19. The summed E-state index contributed by atoms with van der Waals surface area (Å²) in [4.78, 5) is 0. The molecule has 142 valence electrons. The van der Waals surface area contributed by atoms with E-state index in [2.05, 4.69) is 12.1 Å². The minimum Gasteiger partial charge on any atom is -0.386 e. The summed E-state index contributed by atoms with van der Waals surface area (Å²) >= 11 is 5.91. The SMILES string of the molecule is COCc1cccc(-c2ccc([C@@H](O)[C@@H](N)c3ccc(Cl)cc3)cc2)c1.Cl. The molecule has 0 saturated carbocycles. The first-order valence-corrected chi connectivity index (χ1v) is 8.83. The second kappa shape index (κ2) is 9.88. The Balaban J connectivity index is 0.00000261. The van der Waals surface area contributed by atoms with Crippen molar-refractivity contribution < 1.29 is 9.84 Å². The Hall–Kier alpha value is -1.88. The minimum absolute atomic E-state index is 0. The fourth-order valence-corrected chi connectivity index (χ4v) is 3.08. The molecule has 0 fully saturated rings. The second-order valence-corrected chi connectivity index (χ2v) is 6.71. The Morgan fingerprint density at radius 1 is 0.926 bits per heavy atom. The number of ether oxygens (including phenoxy) is 1. The number of nitrogens with two attached hydrogens (primary N) is 1. The van der Waals surface area contributed by atoms with Gasteiger partial charge in [-0.2, -0.15) is 0 Å².